The number of benzene rings is 1. The second-order valence-electron chi connectivity index (χ2n) is 8.36. The summed E-state index contributed by atoms with van der Waals surface area (Å²) in [7, 11) is 0. The summed E-state index contributed by atoms with van der Waals surface area (Å²) in [6, 6.07) is 10.5. The predicted octanol–water partition coefficient (Wildman–Crippen LogP) is 5.03. The quantitative estimate of drug-likeness (QED) is 0.308. The molecule has 172 valence electrons. The molecule has 4 rings (SSSR count). The summed E-state index contributed by atoms with van der Waals surface area (Å²) in [6.45, 7) is 5.39. The van der Waals surface area contributed by atoms with E-state index in [0.717, 1.165) is 60.6 Å². The summed E-state index contributed by atoms with van der Waals surface area (Å²) < 4.78 is 2.13. The van der Waals surface area contributed by atoms with E-state index in [1.54, 1.807) is 6.20 Å². The molecule has 3 heterocycles. The highest BCUT2D eigenvalue weighted by Gasteiger charge is 2.13. The van der Waals surface area contributed by atoms with Crippen LogP contribution < -0.4 is 0 Å². The zero-order valence-electron chi connectivity index (χ0n) is 19.5. The lowest BCUT2D eigenvalue weighted by Crippen LogP contribution is -2.07. The first kappa shape index (κ1) is 22.8. The van der Waals surface area contributed by atoms with Crippen LogP contribution in [0.3, 0.4) is 0 Å². The maximum absolute atomic E-state index is 4.90. The van der Waals surface area contributed by atoms with Gasteiger partial charge in [-0.3, -0.25) is 4.98 Å². The highest BCUT2D eigenvalue weighted by molar-refractivity contribution is 5.79. The lowest BCUT2D eigenvalue weighted by atomic mass is 9.99. The van der Waals surface area contributed by atoms with Crippen molar-refractivity contribution in [2.75, 3.05) is 0 Å². The second kappa shape index (κ2) is 11.4. The molecule has 0 unspecified atom stereocenters. The van der Waals surface area contributed by atoms with Crippen LogP contribution in [-0.2, 0) is 19.4 Å². The van der Waals surface area contributed by atoms with Crippen LogP contribution in [-0.4, -0.2) is 40.4 Å². The Hall–Kier alpha value is -3.42. The molecule has 0 atom stereocenters. The van der Waals surface area contributed by atoms with Crippen LogP contribution in [0.5, 0.6) is 0 Å². The number of aromatic amines is 1. The van der Waals surface area contributed by atoms with Crippen molar-refractivity contribution in [2.24, 2.45) is 0 Å². The van der Waals surface area contributed by atoms with Crippen LogP contribution in [0, 0.1) is 0 Å². The maximum Gasteiger partial charge on any atom is 0.205 e. The molecule has 0 aliphatic rings. The minimum Gasteiger partial charge on any atom is -0.264 e. The molecule has 4 aromatic rings. The lowest BCUT2D eigenvalue weighted by molar-refractivity contribution is 0.530. The van der Waals surface area contributed by atoms with Crippen molar-refractivity contribution in [1.82, 2.24) is 40.4 Å². The smallest absolute Gasteiger partial charge is 0.205 e. The Labute approximate surface area is 194 Å². The second-order valence-corrected chi connectivity index (χ2v) is 8.36. The van der Waals surface area contributed by atoms with Crippen molar-refractivity contribution in [3.63, 3.8) is 0 Å². The van der Waals surface area contributed by atoms with E-state index in [-0.39, 0.29) is 0 Å². The number of H-pyrrole nitrogens is 1. The van der Waals surface area contributed by atoms with Gasteiger partial charge in [0.15, 0.2) is 5.82 Å². The van der Waals surface area contributed by atoms with Crippen molar-refractivity contribution in [1.29, 1.82) is 0 Å². The van der Waals surface area contributed by atoms with Crippen LogP contribution in [0.4, 0.5) is 0 Å². The number of hydrogen-bond donors (Lipinski definition) is 1. The molecule has 1 aromatic carbocycles. The van der Waals surface area contributed by atoms with Gasteiger partial charge in [0.05, 0.1) is 0 Å². The Morgan fingerprint density at radius 2 is 1.73 bits per heavy atom. The number of hydrogen-bond acceptors (Lipinski definition) is 6. The van der Waals surface area contributed by atoms with Gasteiger partial charge in [0.2, 0.25) is 5.82 Å². The van der Waals surface area contributed by atoms with Gasteiger partial charge >= 0.3 is 0 Å². The van der Waals surface area contributed by atoms with Gasteiger partial charge in [0.1, 0.15) is 5.82 Å². The third-order valence-corrected chi connectivity index (χ3v) is 5.80. The van der Waals surface area contributed by atoms with Crippen molar-refractivity contribution in [2.45, 2.75) is 71.8 Å². The van der Waals surface area contributed by atoms with Crippen molar-refractivity contribution < 1.29 is 0 Å². The van der Waals surface area contributed by atoms with E-state index in [1.165, 1.54) is 31.2 Å². The van der Waals surface area contributed by atoms with Gasteiger partial charge in [-0.15, -0.1) is 10.2 Å². The SMILES string of the molecule is CCCCCc1nc(Cc2ccc(-c3cnccc3-c3nn[nH]n3)cc2)n(CCCCC)n1. The summed E-state index contributed by atoms with van der Waals surface area (Å²) in [6.07, 6.45) is 12.5. The molecule has 1 N–H and O–H groups in total. The van der Waals surface area contributed by atoms with Gasteiger partial charge in [-0.2, -0.15) is 10.3 Å². The van der Waals surface area contributed by atoms with E-state index in [1.807, 2.05) is 12.3 Å². The Morgan fingerprint density at radius 1 is 0.909 bits per heavy atom. The van der Waals surface area contributed by atoms with Crippen molar-refractivity contribution in [3.05, 3.63) is 59.9 Å². The topological polar surface area (TPSA) is 98.1 Å². The number of nitrogens with one attached hydrogen (secondary N) is 1. The number of aryl methyl sites for hydroxylation is 2. The Bertz CT molecular complexity index is 1120. The molecule has 0 aliphatic heterocycles. The molecule has 0 bridgehead atoms. The maximum atomic E-state index is 4.90. The Balaban J connectivity index is 1.52. The van der Waals surface area contributed by atoms with E-state index >= 15 is 0 Å². The zero-order valence-corrected chi connectivity index (χ0v) is 19.5. The summed E-state index contributed by atoms with van der Waals surface area (Å²) in [5.41, 5.74) is 4.16. The molecule has 8 heteroatoms. The largest absolute Gasteiger partial charge is 0.264 e. The average molecular weight is 445 g/mol. The molecule has 0 amide bonds. The number of aromatic nitrogens is 8. The first-order valence-electron chi connectivity index (χ1n) is 12.0. The molecule has 0 saturated heterocycles. The monoisotopic (exact) mass is 444 g/mol. The van der Waals surface area contributed by atoms with E-state index in [2.05, 4.69) is 68.4 Å². The molecule has 0 saturated carbocycles. The predicted molar refractivity (Wildman–Crippen MR) is 128 cm³/mol. The van der Waals surface area contributed by atoms with E-state index in [9.17, 15) is 0 Å². The summed E-state index contributed by atoms with van der Waals surface area (Å²) in [4.78, 5) is 9.19. The number of pyridine rings is 1. The molecule has 0 aliphatic carbocycles. The molecule has 0 fully saturated rings. The standard InChI is InChI=1S/C25H32N8/c1-3-5-7-9-23-27-24(33(30-23)16-8-6-4-2)17-19-10-12-20(13-11-19)22-18-26-15-14-21(22)25-28-31-32-29-25/h10-15,18H,3-9,16-17H2,1-2H3,(H,28,29,31,32). The molecule has 0 radical (unpaired) electrons. The fourth-order valence-corrected chi connectivity index (χ4v) is 3.97. The Kier molecular flexibility index (Phi) is 7.90. The summed E-state index contributed by atoms with van der Waals surface area (Å²) >= 11 is 0. The van der Waals surface area contributed by atoms with Crippen LogP contribution in [0.1, 0.15) is 69.6 Å². The molecular formula is C25H32N8. The first-order valence-corrected chi connectivity index (χ1v) is 12.0. The number of unbranched alkanes of at least 4 members (excludes halogenated alkanes) is 4. The van der Waals surface area contributed by atoms with E-state index in [4.69, 9.17) is 10.1 Å². The van der Waals surface area contributed by atoms with Gasteiger partial charge in [0.25, 0.3) is 0 Å². The molecule has 33 heavy (non-hydrogen) atoms. The molecule has 3 aromatic heterocycles. The highest BCUT2D eigenvalue weighted by Crippen LogP contribution is 2.29. The molecule has 8 nitrogen and oxygen atoms in total. The van der Waals surface area contributed by atoms with Gasteiger partial charge in [0, 0.05) is 42.9 Å². The fourth-order valence-electron chi connectivity index (χ4n) is 3.97. The number of tetrazole rings is 1. The Morgan fingerprint density at radius 3 is 2.48 bits per heavy atom. The minimum atomic E-state index is 0.562. The number of rotatable bonds is 12. The third-order valence-electron chi connectivity index (χ3n) is 5.80. The van der Waals surface area contributed by atoms with E-state index in [0.29, 0.717) is 5.82 Å². The average Bonchev–Trinajstić information content (AvgIpc) is 3.51. The van der Waals surface area contributed by atoms with Crippen molar-refractivity contribution >= 4 is 0 Å². The van der Waals surface area contributed by atoms with Crippen molar-refractivity contribution in [3.8, 4) is 22.5 Å². The minimum absolute atomic E-state index is 0.562. The zero-order chi connectivity index (χ0) is 22.9. The normalized spacial score (nSPS) is 11.2. The number of nitrogens with zero attached hydrogens (tertiary/aromatic N) is 7. The third kappa shape index (κ3) is 5.88. The van der Waals surface area contributed by atoms with Gasteiger partial charge in [-0.25, -0.2) is 9.67 Å². The van der Waals surface area contributed by atoms with E-state index < -0.39 is 0 Å². The fraction of sp³-hybridized carbons (Fsp3) is 0.440. The lowest BCUT2D eigenvalue weighted by Gasteiger charge is -2.08. The summed E-state index contributed by atoms with van der Waals surface area (Å²) in [5.74, 6) is 2.60. The van der Waals surface area contributed by atoms with Gasteiger partial charge in [-0.05, 0) is 35.2 Å². The van der Waals surface area contributed by atoms with Gasteiger partial charge < -0.3 is 0 Å². The van der Waals surface area contributed by atoms with Crippen LogP contribution >= 0.6 is 0 Å². The highest BCUT2D eigenvalue weighted by atomic mass is 15.5. The van der Waals surface area contributed by atoms with Crippen LogP contribution in [0.15, 0.2) is 42.7 Å². The van der Waals surface area contributed by atoms with Crippen LogP contribution in [0.25, 0.3) is 22.5 Å². The molecular weight excluding hydrogens is 412 g/mol. The first-order chi connectivity index (χ1) is 16.3. The van der Waals surface area contributed by atoms with Crippen LogP contribution in [0.2, 0.25) is 0 Å². The molecule has 0 spiro atoms. The van der Waals surface area contributed by atoms with Gasteiger partial charge in [-0.1, -0.05) is 63.8 Å². The summed E-state index contributed by atoms with van der Waals surface area (Å²) in [5, 5.41) is 19.3.